The molecular weight excluding hydrogens is 362 g/mol. The van der Waals surface area contributed by atoms with Crippen LogP contribution >= 0.6 is 0 Å². The molecule has 144 valence electrons. The second-order valence-electron chi connectivity index (χ2n) is 7.47. The van der Waals surface area contributed by atoms with E-state index in [0.717, 1.165) is 16.6 Å². The Hall–Kier alpha value is -3.60. The lowest BCUT2D eigenvalue weighted by molar-refractivity contribution is -0.133. The van der Waals surface area contributed by atoms with E-state index in [1.54, 1.807) is 0 Å². The highest BCUT2D eigenvalue weighted by Gasteiger charge is 2.29. The van der Waals surface area contributed by atoms with Gasteiger partial charge in [0.05, 0.1) is 11.0 Å². The molecule has 0 fully saturated rings. The molecule has 1 N–H and O–H groups in total. The Bertz CT molecular complexity index is 1240. The Kier molecular flexibility index (Phi) is 4.28. The molecule has 1 amide bonds. The molecule has 1 aliphatic heterocycles. The number of amides is 1. The fraction of sp³-hybridized carbons (Fsp3) is 0.167. The number of benzene rings is 3. The van der Waals surface area contributed by atoms with Crippen LogP contribution in [0.25, 0.3) is 11.0 Å². The molecule has 5 nitrogen and oxygen atoms in total. The van der Waals surface area contributed by atoms with Crippen molar-refractivity contribution >= 4 is 16.9 Å². The molecular formula is C24H21N3O2. The Morgan fingerprint density at radius 2 is 1.66 bits per heavy atom. The molecule has 0 spiro atoms. The van der Waals surface area contributed by atoms with Crippen molar-refractivity contribution in [2.75, 3.05) is 6.54 Å². The van der Waals surface area contributed by atoms with Crippen LogP contribution in [0.15, 0.2) is 83.7 Å². The van der Waals surface area contributed by atoms with E-state index in [1.165, 1.54) is 15.7 Å². The van der Waals surface area contributed by atoms with E-state index < -0.39 is 0 Å². The monoisotopic (exact) mass is 383 g/mol. The lowest BCUT2D eigenvalue weighted by Crippen LogP contribution is -2.41. The van der Waals surface area contributed by atoms with Gasteiger partial charge in [-0.1, -0.05) is 66.7 Å². The van der Waals surface area contributed by atoms with Gasteiger partial charge in [0, 0.05) is 19.0 Å². The van der Waals surface area contributed by atoms with Crippen molar-refractivity contribution in [3.8, 4) is 0 Å². The van der Waals surface area contributed by atoms with E-state index in [1.807, 2.05) is 53.4 Å². The second-order valence-corrected chi connectivity index (χ2v) is 7.47. The lowest BCUT2D eigenvalue weighted by atomic mass is 9.84. The van der Waals surface area contributed by atoms with Crippen molar-refractivity contribution in [3.63, 3.8) is 0 Å². The number of rotatable bonds is 3. The van der Waals surface area contributed by atoms with Crippen LogP contribution in [0.4, 0.5) is 0 Å². The third-order valence-electron chi connectivity index (χ3n) is 5.72. The summed E-state index contributed by atoms with van der Waals surface area (Å²) < 4.78 is 1.52. The van der Waals surface area contributed by atoms with Crippen LogP contribution in [0.5, 0.6) is 0 Å². The van der Waals surface area contributed by atoms with Crippen LogP contribution in [0.1, 0.15) is 22.6 Å². The average molecular weight is 383 g/mol. The highest BCUT2D eigenvalue weighted by atomic mass is 16.2. The van der Waals surface area contributed by atoms with Crippen LogP contribution in [0, 0.1) is 0 Å². The van der Waals surface area contributed by atoms with Gasteiger partial charge in [-0.05, 0) is 28.8 Å². The number of fused-ring (bicyclic) bond motifs is 2. The molecule has 0 aliphatic carbocycles. The number of carbonyl (C=O) groups is 1. The summed E-state index contributed by atoms with van der Waals surface area (Å²) in [5.41, 5.74) is 4.87. The smallest absolute Gasteiger partial charge is 0.326 e. The van der Waals surface area contributed by atoms with Crippen LogP contribution in [0.2, 0.25) is 0 Å². The van der Waals surface area contributed by atoms with Gasteiger partial charge in [0.1, 0.15) is 6.54 Å². The maximum absolute atomic E-state index is 13.2. The first kappa shape index (κ1) is 17.5. The van der Waals surface area contributed by atoms with Crippen LogP contribution in [-0.2, 0) is 17.9 Å². The summed E-state index contributed by atoms with van der Waals surface area (Å²) in [6.45, 7) is 1.21. The molecule has 3 aromatic carbocycles. The van der Waals surface area contributed by atoms with Gasteiger partial charge >= 0.3 is 5.69 Å². The Morgan fingerprint density at radius 1 is 0.931 bits per heavy atom. The number of para-hydroxylation sites is 2. The van der Waals surface area contributed by atoms with Crippen molar-refractivity contribution < 1.29 is 4.79 Å². The van der Waals surface area contributed by atoms with Gasteiger partial charge in [0.15, 0.2) is 0 Å². The maximum Gasteiger partial charge on any atom is 0.326 e. The zero-order valence-electron chi connectivity index (χ0n) is 15.9. The number of hydrogen-bond donors (Lipinski definition) is 1. The summed E-state index contributed by atoms with van der Waals surface area (Å²) in [6, 6.07) is 26.0. The molecule has 0 saturated heterocycles. The molecule has 1 atom stereocenters. The minimum atomic E-state index is -0.253. The first-order valence-electron chi connectivity index (χ1n) is 9.79. The van der Waals surface area contributed by atoms with Crippen molar-refractivity contribution in [2.24, 2.45) is 0 Å². The number of imidazole rings is 1. The standard InChI is InChI=1S/C24H21N3O2/c28-23(16-27-22-13-7-6-12-21(22)25-24(27)29)26-14-18-10-4-5-11-19(18)20(15-26)17-8-2-1-3-9-17/h1-13,20H,14-16H2,(H,25,29). The topological polar surface area (TPSA) is 58.1 Å². The fourth-order valence-electron chi connectivity index (χ4n) is 4.27. The van der Waals surface area contributed by atoms with Crippen molar-refractivity contribution in [1.82, 2.24) is 14.5 Å². The number of aromatic nitrogens is 2. The van der Waals surface area contributed by atoms with Gasteiger partial charge in [0.2, 0.25) is 5.91 Å². The Balaban J connectivity index is 1.47. The number of nitrogens with one attached hydrogen (secondary N) is 1. The third-order valence-corrected chi connectivity index (χ3v) is 5.72. The molecule has 2 heterocycles. The summed E-state index contributed by atoms with van der Waals surface area (Å²) in [6.07, 6.45) is 0. The number of aromatic amines is 1. The largest absolute Gasteiger partial charge is 0.336 e. The molecule has 1 aromatic heterocycles. The number of nitrogens with zero attached hydrogens (tertiary/aromatic N) is 2. The predicted molar refractivity (Wildman–Crippen MR) is 113 cm³/mol. The number of hydrogen-bond acceptors (Lipinski definition) is 2. The molecule has 5 heteroatoms. The second kappa shape index (κ2) is 7.09. The fourth-order valence-corrected chi connectivity index (χ4v) is 4.27. The van der Waals surface area contributed by atoms with Crippen molar-refractivity contribution in [3.05, 3.63) is 106 Å². The van der Waals surface area contributed by atoms with Crippen LogP contribution < -0.4 is 5.69 Å². The zero-order valence-corrected chi connectivity index (χ0v) is 15.9. The molecule has 1 aliphatic rings. The van der Waals surface area contributed by atoms with Crippen molar-refractivity contribution in [2.45, 2.75) is 19.0 Å². The maximum atomic E-state index is 13.2. The zero-order chi connectivity index (χ0) is 19.8. The summed E-state index contributed by atoms with van der Waals surface area (Å²) >= 11 is 0. The SMILES string of the molecule is O=C(Cn1c(=O)[nH]c2ccccc21)N1Cc2ccccc2C(c2ccccc2)C1. The first-order valence-corrected chi connectivity index (χ1v) is 9.79. The van der Waals surface area contributed by atoms with E-state index in [0.29, 0.717) is 13.1 Å². The molecule has 1 unspecified atom stereocenters. The number of H-pyrrole nitrogens is 1. The summed E-state index contributed by atoms with van der Waals surface area (Å²) in [5, 5.41) is 0. The van der Waals surface area contributed by atoms with E-state index in [9.17, 15) is 9.59 Å². The summed E-state index contributed by atoms with van der Waals surface area (Å²) in [7, 11) is 0. The molecule has 29 heavy (non-hydrogen) atoms. The summed E-state index contributed by atoms with van der Waals surface area (Å²) in [5.74, 6) is 0.0806. The minimum Gasteiger partial charge on any atom is -0.336 e. The minimum absolute atomic E-state index is 0.0342. The van der Waals surface area contributed by atoms with Gasteiger partial charge in [-0.25, -0.2) is 4.79 Å². The van der Waals surface area contributed by atoms with Gasteiger partial charge in [-0.2, -0.15) is 0 Å². The first-order chi connectivity index (χ1) is 14.2. The third kappa shape index (κ3) is 3.14. The Labute approximate surface area is 168 Å². The quantitative estimate of drug-likeness (QED) is 0.589. The Morgan fingerprint density at radius 3 is 2.52 bits per heavy atom. The molecule has 5 rings (SSSR count). The normalized spacial score (nSPS) is 16.0. The van der Waals surface area contributed by atoms with E-state index in [2.05, 4.69) is 35.3 Å². The average Bonchev–Trinajstić information content (AvgIpc) is 3.08. The van der Waals surface area contributed by atoms with Gasteiger partial charge in [-0.15, -0.1) is 0 Å². The van der Waals surface area contributed by atoms with Gasteiger partial charge in [0.25, 0.3) is 0 Å². The molecule has 4 aromatic rings. The highest BCUT2D eigenvalue weighted by molar-refractivity contribution is 5.81. The van der Waals surface area contributed by atoms with Crippen molar-refractivity contribution in [1.29, 1.82) is 0 Å². The molecule has 0 saturated carbocycles. The highest BCUT2D eigenvalue weighted by Crippen LogP contribution is 2.33. The lowest BCUT2D eigenvalue weighted by Gasteiger charge is -2.35. The van der Waals surface area contributed by atoms with E-state index in [4.69, 9.17) is 0 Å². The molecule has 0 bridgehead atoms. The molecule has 0 radical (unpaired) electrons. The number of carbonyl (C=O) groups excluding carboxylic acids is 1. The van der Waals surface area contributed by atoms with Gasteiger partial charge < -0.3 is 9.88 Å². The van der Waals surface area contributed by atoms with Gasteiger partial charge in [-0.3, -0.25) is 9.36 Å². The summed E-state index contributed by atoms with van der Waals surface area (Å²) in [4.78, 5) is 30.3. The van der Waals surface area contributed by atoms with E-state index >= 15 is 0 Å². The van der Waals surface area contributed by atoms with E-state index in [-0.39, 0.29) is 24.1 Å². The predicted octanol–water partition coefficient (Wildman–Crippen LogP) is 3.50. The van der Waals surface area contributed by atoms with Crippen LogP contribution in [0.3, 0.4) is 0 Å². The van der Waals surface area contributed by atoms with Crippen LogP contribution in [-0.4, -0.2) is 26.9 Å².